The van der Waals surface area contributed by atoms with Crippen molar-refractivity contribution in [2.24, 2.45) is 0 Å². The van der Waals surface area contributed by atoms with E-state index >= 15 is 0 Å². The van der Waals surface area contributed by atoms with E-state index < -0.39 is 11.7 Å². The largest absolute Gasteiger partial charge is 0.490 e. The van der Waals surface area contributed by atoms with Gasteiger partial charge in [0.05, 0.1) is 24.7 Å². The molecule has 0 aliphatic carbocycles. The van der Waals surface area contributed by atoms with E-state index in [1.165, 1.54) is 12.1 Å². The number of amides is 1. The summed E-state index contributed by atoms with van der Waals surface area (Å²) >= 11 is 0. The van der Waals surface area contributed by atoms with Crippen LogP contribution in [-0.2, 0) is 15.7 Å². The highest BCUT2D eigenvalue weighted by Crippen LogP contribution is 2.32. The van der Waals surface area contributed by atoms with Gasteiger partial charge in [0.1, 0.15) is 11.9 Å². The van der Waals surface area contributed by atoms with Crippen LogP contribution in [0.25, 0.3) is 0 Å². The molecule has 2 fully saturated rings. The van der Waals surface area contributed by atoms with E-state index in [2.05, 4.69) is 5.32 Å². The number of nitrogens with zero attached hydrogens (tertiary/aromatic N) is 1. The summed E-state index contributed by atoms with van der Waals surface area (Å²) in [6, 6.07) is 4.91. The molecule has 0 radical (unpaired) electrons. The van der Waals surface area contributed by atoms with Gasteiger partial charge in [-0.15, -0.1) is 0 Å². The molecule has 0 saturated carbocycles. The molecule has 0 bridgehead atoms. The van der Waals surface area contributed by atoms with Crippen LogP contribution in [0.3, 0.4) is 0 Å². The number of carbonyl (C=O) groups is 1. The van der Waals surface area contributed by atoms with Crippen LogP contribution in [0.1, 0.15) is 24.8 Å². The van der Waals surface area contributed by atoms with Gasteiger partial charge in [0.2, 0.25) is 5.91 Å². The van der Waals surface area contributed by atoms with Crippen LogP contribution in [0, 0.1) is 0 Å². The molecule has 1 N–H and O–H groups in total. The lowest BCUT2D eigenvalue weighted by molar-refractivity contribution is -0.138. The van der Waals surface area contributed by atoms with Crippen molar-refractivity contribution in [2.75, 3.05) is 32.8 Å². The number of benzene rings is 1. The molecule has 1 unspecified atom stereocenters. The maximum absolute atomic E-state index is 12.8. The highest BCUT2D eigenvalue weighted by molar-refractivity contribution is 5.76. The minimum atomic E-state index is -4.38. The molecule has 2 aliphatic heterocycles. The van der Waals surface area contributed by atoms with E-state index in [-0.39, 0.29) is 23.9 Å². The highest BCUT2D eigenvalue weighted by atomic mass is 19.4. The Morgan fingerprint density at radius 3 is 2.73 bits per heavy atom. The zero-order chi connectivity index (χ0) is 18.6. The molecule has 5 nitrogen and oxygen atoms in total. The minimum Gasteiger partial charge on any atom is -0.490 e. The molecule has 2 aliphatic rings. The summed E-state index contributed by atoms with van der Waals surface area (Å²) < 4.78 is 49.5. The molecule has 8 heteroatoms. The van der Waals surface area contributed by atoms with Gasteiger partial charge in [-0.2, -0.15) is 13.2 Å². The number of nitrogens with one attached hydrogen (secondary N) is 1. The summed E-state index contributed by atoms with van der Waals surface area (Å²) in [4.78, 5) is 14.1. The van der Waals surface area contributed by atoms with Crippen molar-refractivity contribution in [3.63, 3.8) is 0 Å². The van der Waals surface area contributed by atoms with Gasteiger partial charge in [0.25, 0.3) is 0 Å². The molecule has 26 heavy (non-hydrogen) atoms. The molecule has 1 atom stereocenters. The van der Waals surface area contributed by atoms with E-state index in [0.29, 0.717) is 45.5 Å². The number of ether oxygens (including phenoxy) is 2. The molecule has 2 heterocycles. The molecule has 1 amide bonds. The van der Waals surface area contributed by atoms with Crippen LogP contribution in [-0.4, -0.2) is 55.8 Å². The Kier molecular flexibility index (Phi) is 6.03. The maximum Gasteiger partial charge on any atom is 0.416 e. The van der Waals surface area contributed by atoms with Gasteiger partial charge in [-0.25, -0.2) is 0 Å². The number of piperidine rings is 1. The third-order valence-corrected chi connectivity index (χ3v) is 4.67. The summed E-state index contributed by atoms with van der Waals surface area (Å²) in [5.41, 5.74) is -0.719. The van der Waals surface area contributed by atoms with Crippen LogP contribution >= 0.6 is 0 Å². The van der Waals surface area contributed by atoms with Gasteiger partial charge < -0.3 is 19.7 Å². The molecule has 144 valence electrons. The lowest BCUT2D eigenvalue weighted by atomic mass is 10.1. The predicted molar refractivity (Wildman–Crippen MR) is 88.9 cm³/mol. The van der Waals surface area contributed by atoms with E-state index in [9.17, 15) is 18.0 Å². The lowest BCUT2D eigenvalue weighted by Crippen LogP contribution is -2.45. The normalized spacial score (nSPS) is 22.3. The Balaban J connectivity index is 1.47. The van der Waals surface area contributed by atoms with E-state index in [1.54, 1.807) is 4.90 Å². The van der Waals surface area contributed by atoms with Gasteiger partial charge in [-0.05, 0) is 18.2 Å². The van der Waals surface area contributed by atoms with Crippen LogP contribution < -0.4 is 10.1 Å². The Labute approximate surface area is 150 Å². The van der Waals surface area contributed by atoms with Crippen molar-refractivity contribution < 1.29 is 27.4 Å². The molecule has 3 rings (SSSR count). The fraction of sp³-hybridized carbons (Fsp3) is 0.611. The number of alkyl halides is 3. The van der Waals surface area contributed by atoms with E-state index in [1.807, 2.05) is 0 Å². The summed E-state index contributed by atoms with van der Waals surface area (Å²) in [5, 5.41) is 3.20. The molecule has 0 spiro atoms. The first-order chi connectivity index (χ1) is 12.4. The van der Waals surface area contributed by atoms with Crippen LogP contribution in [0.5, 0.6) is 5.75 Å². The quantitative estimate of drug-likeness (QED) is 0.882. The summed E-state index contributed by atoms with van der Waals surface area (Å²) in [7, 11) is 0. The van der Waals surface area contributed by atoms with Crippen LogP contribution in [0.4, 0.5) is 13.2 Å². The van der Waals surface area contributed by atoms with Gasteiger partial charge >= 0.3 is 6.18 Å². The molecular formula is C18H23F3N2O3. The van der Waals surface area contributed by atoms with Gasteiger partial charge in [0, 0.05) is 39.0 Å². The second-order valence-corrected chi connectivity index (χ2v) is 6.62. The van der Waals surface area contributed by atoms with Crippen molar-refractivity contribution in [1.29, 1.82) is 0 Å². The Morgan fingerprint density at radius 1 is 1.31 bits per heavy atom. The van der Waals surface area contributed by atoms with E-state index in [4.69, 9.17) is 9.47 Å². The van der Waals surface area contributed by atoms with E-state index in [0.717, 1.165) is 18.7 Å². The van der Waals surface area contributed by atoms with Crippen LogP contribution in [0.2, 0.25) is 0 Å². The monoisotopic (exact) mass is 372 g/mol. The molecular weight excluding hydrogens is 349 g/mol. The topological polar surface area (TPSA) is 50.8 Å². The minimum absolute atomic E-state index is 0.0521. The Morgan fingerprint density at radius 2 is 2.08 bits per heavy atom. The third kappa shape index (κ3) is 5.11. The Bertz CT molecular complexity index is 610. The summed E-state index contributed by atoms with van der Waals surface area (Å²) in [6.07, 6.45) is -3.10. The lowest BCUT2D eigenvalue weighted by Gasteiger charge is -2.33. The number of hydrogen-bond acceptors (Lipinski definition) is 4. The first kappa shape index (κ1) is 19.0. The number of carbonyl (C=O) groups excluding carboxylic acids is 1. The van der Waals surface area contributed by atoms with Gasteiger partial charge in [-0.3, -0.25) is 4.79 Å². The smallest absolute Gasteiger partial charge is 0.416 e. The fourth-order valence-corrected chi connectivity index (χ4v) is 3.24. The van der Waals surface area contributed by atoms with Crippen LogP contribution in [0.15, 0.2) is 24.3 Å². The number of halogens is 3. The molecule has 2 saturated heterocycles. The van der Waals surface area contributed by atoms with Crippen molar-refractivity contribution >= 4 is 5.91 Å². The standard InChI is InChI=1S/C18H23F3N2O3/c19-18(20,21)13-2-1-3-15(10-13)26-14-4-7-23(8-5-14)17(24)11-16-12-22-6-9-25-16/h1-3,10,14,16,22H,4-9,11-12H2. The number of likely N-dealkylation sites (tertiary alicyclic amines) is 1. The van der Waals surface area contributed by atoms with Gasteiger partial charge in [0.15, 0.2) is 0 Å². The summed E-state index contributed by atoms with van der Waals surface area (Å²) in [5.74, 6) is 0.266. The highest BCUT2D eigenvalue weighted by Gasteiger charge is 2.31. The Hall–Kier alpha value is -1.80. The SMILES string of the molecule is O=C(CC1CNCCO1)N1CCC(Oc2cccc(C(F)(F)F)c2)CC1. The molecule has 0 aromatic heterocycles. The van der Waals surface area contributed by atoms with Crippen molar-refractivity contribution in [1.82, 2.24) is 10.2 Å². The fourth-order valence-electron chi connectivity index (χ4n) is 3.24. The van der Waals surface area contributed by atoms with Gasteiger partial charge in [-0.1, -0.05) is 6.07 Å². The zero-order valence-corrected chi connectivity index (χ0v) is 14.4. The zero-order valence-electron chi connectivity index (χ0n) is 14.4. The first-order valence-corrected chi connectivity index (χ1v) is 8.86. The maximum atomic E-state index is 12.8. The molecule has 1 aromatic rings. The third-order valence-electron chi connectivity index (χ3n) is 4.67. The van der Waals surface area contributed by atoms with Crippen molar-refractivity contribution in [3.8, 4) is 5.75 Å². The number of rotatable bonds is 4. The second kappa shape index (κ2) is 8.26. The first-order valence-electron chi connectivity index (χ1n) is 8.86. The number of morpholine rings is 1. The average molecular weight is 372 g/mol. The summed E-state index contributed by atoms with van der Waals surface area (Å²) in [6.45, 7) is 3.19. The predicted octanol–water partition coefficient (Wildman–Crippen LogP) is 2.45. The average Bonchev–Trinajstić information content (AvgIpc) is 2.63. The molecule has 1 aromatic carbocycles. The van der Waals surface area contributed by atoms with Crippen molar-refractivity contribution in [3.05, 3.63) is 29.8 Å². The second-order valence-electron chi connectivity index (χ2n) is 6.62. The van der Waals surface area contributed by atoms with Crippen molar-refractivity contribution in [2.45, 2.75) is 37.6 Å². The number of hydrogen-bond donors (Lipinski definition) is 1.